The van der Waals surface area contributed by atoms with E-state index in [9.17, 15) is 8.42 Å². The van der Waals surface area contributed by atoms with Gasteiger partial charge < -0.3 is 4.74 Å². The van der Waals surface area contributed by atoms with E-state index in [0.717, 1.165) is 0 Å². The van der Waals surface area contributed by atoms with E-state index in [4.69, 9.17) is 4.74 Å². The van der Waals surface area contributed by atoms with Crippen LogP contribution in [0.4, 0.5) is 0 Å². The Kier molecular flexibility index (Phi) is 1.92. The molecule has 2 rings (SSSR count). The Balaban J connectivity index is 2.65. The number of benzene rings is 1. The average Bonchev–Trinajstić information content (AvgIpc) is 2.16. The topological polar surface area (TPSA) is 67.8 Å². The van der Waals surface area contributed by atoms with Gasteiger partial charge in [0.1, 0.15) is 5.75 Å². The fourth-order valence-corrected chi connectivity index (χ4v) is 2.17. The number of rotatable bonds is 1. The molecule has 14 heavy (non-hydrogen) atoms. The summed E-state index contributed by atoms with van der Waals surface area (Å²) in [6.45, 7) is 0. The molecule has 0 aromatic heterocycles. The van der Waals surface area contributed by atoms with Crippen molar-refractivity contribution >= 4 is 16.2 Å². The second-order valence-corrected chi connectivity index (χ2v) is 4.39. The summed E-state index contributed by atoms with van der Waals surface area (Å²) in [6.07, 6.45) is 1.44. The van der Waals surface area contributed by atoms with Crippen molar-refractivity contribution in [3.05, 3.63) is 23.8 Å². The summed E-state index contributed by atoms with van der Waals surface area (Å²) in [5, 5.41) is 3.53. The number of ether oxygens (including phenoxy) is 1. The van der Waals surface area contributed by atoms with Gasteiger partial charge in [0.05, 0.1) is 18.2 Å². The molecule has 1 aliphatic heterocycles. The van der Waals surface area contributed by atoms with E-state index in [-0.39, 0.29) is 4.90 Å². The molecule has 0 bridgehead atoms. The first-order chi connectivity index (χ1) is 6.63. The number of fused-ring (bicyclic) bond motifs is 1. The van der Waals surface area contributed by atoms with E-state index in [0.29, 0.717) is 11.3 Å². The van der Waals surface area contributed by atoms with Crippen molar-refractivity contribution < 1.29 is 13.2 Å². The lowest BCUT2D eigenvalue weighted by Gasteiger charge is -2.12. The molecule has 1 heterocycles. The highest BCUT2D eigenvalue weighted by Crippen LogP contribution is 2.22. The smallest absolute Gasteiger partial charge is 0.277 e. The second kappa shape index (κ2) is 2.98. The predicted molar refractivity (Wildman–Crippen MR) is 50.9 cm³/mol. The predicted octanol–water partition coefficient (Wildman–Crippen LogP) is 0.321. The van der Waals surface area contributed by atoms with E-state index >= 15 is 0 Å². The van der Waals surface area contributed by atoms with E-state index in [2.05, 4.69) is 9.93 Å². The molecule has 5 nitrogen and oxygen atoms in total. The van der Waals surface area contributed by atoms with Crippen LogP contribution in [0.25, 0.3) is 0 Å². The summed E-state index contributed by atoms with van der Waals surface area (Å²) < 4.78 is 27.8. The molecule has 1 aliphatic rings. The molecule has 0 fully saturated rings. The van der Waals surface area contributed by atoms with Crippen LogP contribution >= 0.6 is 0 Å². The fourth-order valence-electron chi connectivity index (χ4n) is 1.21. The molecule has 0 radical (unpaired) electrons. The van der Waals surface area contributed by atoms with Gasteiger partial charge in [-0.1, -0.05) is 0 Å². The van der Waals surface area contributed by atoms with Crippen molar-refractivity contribution in [1.29, 1.82) is 0 Å². The number of methoxy groups -OCH3 is 1. The lowest BCUT2D eigenvalue weighted by molar-refractivity contribution is 0.414. The van der Waals surface area contributed by atoms with Gasteiger partial charge in [0.25, 0.3) is 10.0 Å². The molecule has 0 unspecified atom stereocenters. The molecule has 0 saturated carbocycles. The first-order valence-electron chi connectivity index (χ1n) is 3.86. The number of hydrogen-bond donors (Lipinski definition) is 1. The summed E-state index contributed by atoms with van der Waals surface area (Å²) >= 11 is 0. The third kappa shape index (κ3) is 1.33. The van der Waals surface area contributed by atoms with Crippen molar-refractivity contribution in [2.75, 3.05) is 7.11 Å². The number of sulfonamides is 1. The number of hydrogen-bond acceptors (Lipinski definition) is 4. The monoisotopic (exact) mass is 212 g/mol. The summed E-state index contributed by atoms with van der Waals surface area (Å²) in [6, 6.07) is 4.70. The van der Waals surface area contributed by atoms with Crippen LogP contribution in [0, 0.1) is 0 Å². The van der Waals surface area contributed by atoms with Crippen LogP contribution in [0.5, 0.6) is 5.75 Å². The highest BCUT2D eigenvalue weighted by Gasteiger charge is 2.20. The summed E-state index contributed by atoms with van der Waals surface area (Å²) in [7, 11) is -1.95. The lowest BCUT2D eigenvalue weighted by atomic mass is 10.2. The van der Waals surface area contributed by atoms with E-state index in [1.165, 1.54) is 19.4 Å². The maximum absolute atomic E-state index is 11.4. The molecule has 0 atom stereocenters. The maximum Gasteiger partial charge on any atom is 0.277 e. The Labute approximate surface area is 81.4 Å². The molecule has 0 amide bonds. The highest BCUT2D eigenvalue weighted by molar-refractivity contribution is 7.89. The Morgan fingerprint density at radius 1 is 1.43 bits per heavy atom. The van der Waals surface area contributed by atoms with Crippen molar-refractivity contribution in [1.82, 2.24) is 4.83 Å². The average molecular weight is 212 g/mol. The lowest BCUT2D eigenvalue weighted by Crippen LogP contribution is -2.23. The Morgan fingerprint density at radius 3 is 2.93 bits per heavy atom. The number of nitrogens with zero attached hydrogens (tertiary/aromatic N) is 1. The van der Waals surface area contributed by atoms with Gasteiger partial charge >= 0.3 is 0 Å². The van der Waals surface area contributed by atoms with Crippen LogP contribution in [0.2, 0.25) is 0 Å². The first-order valence-corrected chi connectivity index (χ1v) is 5.35. The molecule has 1 aromatic rings. The van der Waals surface area contributed by atoms with Crippen LogP contribution in [0.15, 0.2) is 28.2 Å². The van der Waals surface area contributed by atoms with Gasteiger partial charge in [-0.15, -0.1) is 0 Å². The molecule has 1 N–H and O–H groups in total. The molecule has 0 spiro atoms. The highest BCUT2D eigenvalue weighted by atomic mass is 32.2. The molecular formula is C8H8N2O3S. The van der Waals surface area contributed by atoms with Gasteiger partial charge in [-0.05, 0) is 18.2 Å². The zero-order chi connectivity index (χ0) is 10.2. The summed E-state index contributed by atoms with van der Waals surface area (Å²) in [5.74, 6) is 0.604. The van der Waals surface area contributed by atoms with Crippen LogP contribution in [0.1, 0.15) is 5.56 Å². The molecule has 0 saturated heterocycles. The van der Waals surface area contributed by atoms with Crippen LogP contribution in [-0.2, 0) is 10.0 Å². The largest absolute Gasteiger partial charge is 0.497 e. The third-order valence-electron chi connectivity index (χ3n) is 1.88. The molecule has 6 heteroatoms. The summed E-state index contributed by atoms with van der Waals surface area (Å²) in [4.78, 5) is 2.27. The van der Waals surface area contributed by atoms with Crippen LogP contribution in [-0.4, -0.2) is 21.7 Å². The first kappa shape index (κ1) is 9.01. The van der Waals surface area contributed by atoms with E-state index in [1.807, 2.05) is 0 Å². The minimum absolute atomic E-state index is 0.216. The number of nitrogens with one attached hydrogen (secondary N) is 1. The van der Waals surface area contributed by atoms with Gasteiger partial charge in [0.15, 0.2) is 0 Å². The van der Waals surface area contributed by atoms with E-state index in [1.54, 1.807) is 12.1 Å². The van der Waals surface area contributed by atoms with Gasteiger partial charge in [-0.2, -0.15) is 13.5 Å². The van der Waals surface area contributed by atoms with Gasteiger partial charge in [0.2, 0.25) is 0 Å². The van der Waals surface area contributed by atoms with Crippen molar-refractivity contribution in [3.63, 3.8) is 0 Å². The van der Waals surface area contributed by atoms with Crippen LogP contribution < -0.4 is 9.57 Å². The van der Waals surface area contributed by atoms with E-state index < -0.39 is 10.0 Å². The quantitative estimate of drug-likeness (QED) is 0.729. The SMILES string of the molecule is COc1ccc2c(c1)C=NNS2(=O)=O. The minimum Gasteiger partial charge on any atom is -0.497 e. The molecule has 0 aliphatic carbocycles. The zero-order valence-corrected chi connectivity index (χ0v) is 8.21. The van der Waals surface area contributed by atoms with Crippen molar-refractivity contribution in [2.45, 2.75) is 4.90 Å². The molecule has 1 aromatic carbocycles. The van der Waals surface area contributed by atoms with Crippen molar-refractivity contribution in [3.8, 4) is 5.75 Å². The normalized spacial score (nSPS) is 16.9. The molecular weight excluding hydrogens is 204 g/mol. The summed E-state index contributed by atoms with van der Waals surface area (Å²) in [5.41, 5.74) is 0.531. The van der Waals surface area contributed by atoms with Crippen molar-refractivity contribution in [2.24, 2.45) is 5.10 Å². The Morgan fingerprint density at radius 2 is 2.21 bits per heavy atom. The van der Waals surface area contributed by atoms with Crippen LogP contribution in [0.3, 0.4) is 0 Å². The number of hydrazone groups is 1. The third-order valence-corrected chi connectivity index (χ3v) is 3.18. The molecule has 74 valence electrons. The Hall–Kier alpha value is -1.56. The van der Waals surface area contributed by atoms with Gasteiger partial charge in [0, 0.05) is 5.56 Å². The fraction of sp³-hybridized carbons (Fsp3) is 0.125. The second-order valence-electron chi connectivity index (χ2n) is 2.76. The van der Waals surface area contributed by atoms with Gasteiger partial charge in [-0.25, -0.2) is 4.83 Å². The maximum atomic E-state index is 11.4. The Bertz CT molecular complexity index is 493. The standard InChI is InChI=1S/C8H8N2O3S/c1-13-7-2-3-8-6(4-7)5-9-10-14(8,11)12/h2-5,10H,1H3. The minimum atomic E-state index is -3.47. The van der Waals surface area contributed by atoms with Gasteiger partial charge in [-0.3, -0.25) is 0 Å². The zero-order valence-electron chi connectivity index (χ0n) is 7.39.